The molecule has 0 bridgehead atoms. The summed E-state index contributed by atoms with van der Waals surface area (Å²) in [6, 6.07) is 5.74. The normalized spacial score (nSPS) is 10.8. The standard InChI is InChI=1S/C14H17ClN2O4/c1-14(2,8-12(19)20)7-11(18)17-13(21)16-10-5-3-9(15)4-6-10/h3-6H,7-8H2,1-2H3,(H,19,20)(H2,16,17,18,21). The Morgan fingerprint density at radius 1 is 1.14 bits per heavy atom. The molecule has 0 saturated heterocycles. The van der Waals surface area contributed by atoms with Gasteiger partial charge < -0.3 is 10.4 Å². The topological polar surface area (TPSA) is 95.5 Å². The third kappa shape index (κ3) is 6.76. The predicted molar refractivity (Wildman–Crippen MR) is 79.3 cm³/mol. The van der Waals surface area contributed by atoms with Gasteiger partial charge in [0.2, 0.25) is 5.91 Å². The smallest absolute Gasteiger partial charge is 0.325 e. The minimum absolute atomic E-state index is 0.0622. The van der Waals surface area contributed by atoms with E-state index in [1.54, 1.807) is 38.1 Å². The van der Waals surface area contributed by atoms with Gasteiger partial charge in [-0.2, -0.15) is 0 Å². The van der Waals surface area contributed by atoms with Gasteiger partial charge in [0, 0.05) is 17.1 Å². The summed E-state index contributed by atoms with van der Waals surface area (Å²) in [5, 5.41) is 13.9. The molecule has 3 N–H and O–H groups in total. The van der Waals surface area contributed by atoms with E-state index in [2.05, 4.69) is 10.6 Å². The van der Waals surface area contributed by atoms with E-state index in [0.29, 0.717) is 10.7 Å². The molecule has 0 spiro atoms. The predicted octanol–water partition coefficient (Wildman–Crippen LogP) is 2.88. The Labute approximate surface area is 127 Å². The molecule has 7 heteroatoms. The van der Waals surface area contributed by atoms with Crippen LogP contribution in [0.4, 0.5) is 10.5 Å². The van der Waals surface area contributed by atoms with Gasteiger partial charge in [-0.3, -0.25) is 14.9 Å². The molecule has 0 radical (unpaired) electrons. The van der Waals surface area contributed by atoms with Gasteiger partial charge >= 0.3 is 12.0 Å². The van der Waals surface area contributed by atoms with Crippen LogP contribution in [0.25, 0.3) is 0 Å². The van der Waals surface area contributed by atoms with Crippen LogP contribution in [-0.4, -0.2) is 23.0 Å². The van der Waals surface area contributed by atoms with Crippen molar-refractivity contribution in [2.75, 3.05) is 5.32 Å². The van der Waals surface area contributed by atoms with Gasteiger partial charge in [0.25, 0.3) is 0 Å². The Hall–Kier alpha value is -2.08. The van der Waals surface area contributed by atoms with Crippen molar-refractivity contribution in [2.45, 2.75) is 26.7 Å². The summed E-state index contributed by atoms with van der Waals surface area (Å²) in [6.45, 7) is 3.30. The fourth-order valence-electron chi connectivity index (χ4n) is 1.77. The Bertz CT molecular complexity index is 540. The first-order valence-electron chi connectivity index (χ1n) is 6.26. The molecular formula is C14H17ClN2O4. The van der Waals surface area contributed by atoms with E-state index in [-0.39, 0.29) is 12.8 Å². The maximum atomic E-state index is 11.7. The Balaban J connectivity index is 2.49. The van der Waals surface area contributed by atoms with E-state index in [0.717, 1.165) is 0 Å². The molecular weight excluding hydrogens is 296 g/mol. The molecule has 0 fully saturated rings. The zero-order chi connectivity index (χ0) is 16.0. The van der Waals surface area contributed by atoms with Crippen molar-refractivity contribution >= 4 is 35.2 Å². The largest absolute Gasteiger partial charge is 0.481 e. The molecule has 1 aromatic rings. The van der Waals surface area contributed by atoms with Crippen LogP contribution in [0.1, 0.15) is 26.7 Å². The molecule has 0 aliphatic rings. The maximum Gasteiger partial charge on any atom is 0.325 e. The lowest BCUT2D eigenvalue weighted by atomic mass is 9.85. The lowest BCUT2D eigenvalue weighted by molar-refractivity contribution is -0.139. The molecule has 0 unspecified atom stereocenters. The highest BCUT2D eigenvalue weighted by Gasteiger charge is 2.25. The van der Waals surface area contributed by atoms with E-state index in [4.69, 9.17) is 16.7 Å². The Morgan fingerprint density at radius 3 is 2.24 bits per heavy atom. The number of nitrogens with one attached hydrogen (secondary N) is 2. The molecule has 6 nitrogen and oxygen atoms in total. The van der Waals surface area contributed by atoms with Crippen LogP contribution in [0, 0.1) is 5.41 Å². The summed E-state index contributed by atoms with van der Waals surface area (Å²) in [6.07, 6.45) is -0.216. The minimum atomic E-state index is -0.988. The van der Waals surface area contributed by atoms with Gasteiger partial charge in [-0.1, -0.05) is 25.4 Å². The molecule has 0 aliphatic heterocycles. The number of hydrogen-bond donors (Lipinski definition) is 3. The molecule has 0 atom stereocenters. The second-order valence-electron chi connectivity index (χ2n) is 5.42. The fraction of sp³-hybridized carbons (Fsp3) is 0.357. The number of rotatable bonds is 5. The first-order valence-corrected chi connectivity index (χ1v) is 6.64. The number of aliphatic carboxylic acids is 1. The van der Waals surface area contributed by atoms with Crippen LogP contribution in [0.5, 0.6) is 0 Å². The van der Waals surface area contributed by atoms with Gasteiger partial charge in [-0.25, -0.2) is 4.79 Å². The van der Waals surface area contributed by atoms with Crippen LogP contribution >= 0.6 is 11.6 Å². The molecule has 1 rings (SSSR count). The van der Waals surface area contributed by atoms with Gasteiger partial charge in [0.1, 0.15) is 0 Å². The summed E-state index contributed by atoms with van der Waals surface area (Å²) in [4.78, 5) is 34.0. The van der Waals surface area contributed by atoms with E-state index in [1.165, 1.54) is 0 Å². The molecule has 1 aromatic carbocycles. The highest BCUT2D eigenvalue weighted by molar-refractivity contribution is 6.30. The Morgan fingerprint density at radius 2 is 1.71 bits per heavy atom. The van der Waals surface area contributed by atoms with Crippen molar-refractivity contribution in [3.63, 3.8) is 0 Å². The second-order valence-corrected chi connectivity index (χ2v) is 5.86. The monoisotopic (exact) mass is 312 g/mol. The fourth-order valence-corrected chi connectivity index (χ4v) is 1.90. The average molecular weight is 313 g/mol. The molecule has 0 saturated carbocycles. The van der Waals surface area contributed by atoms with Crippen molar-refractivity contribution < 1.29 is 19.5 Å². The van der Waals surface area contributed by atoms with Crippen LogP contribution < -0.4 is 10.6 Å². The molecule has 0 heterocycles. The molecule has 114 valence electrons. The van der Waals surface area contributed by atoms with Crippen molar-refractivity contribution in [1.29, 1.82) is 0 Å². The molecule has 0 aliphatic carbocycles. The lowest BCUT2D eigenvalue weighted by Crippen LogP contribution is -2.37. The van der Waals surface area contributed by atoms with Gasteiger partial charge in [0.05, 0.1) is 6.42 Å². The van der Waals surface area contributed by atoms with E-state index < -0.39 is 23.3 Å². The number of carboxylic acid groups (broad SMARTS) is 1. The number of carbonyl (C=O) groups excluding carboxylic acids is 2. The van der Waals surface area contributed by atoms with Gasteiger partial charge in [-0.05, 0) is 29.7 Å². The summed E-state index contributed by atoms with van der Waals surface area (Å²) in [7, 11) is 0. The van der Waals surface area contributed by atoms with Crippen molar-refractivity contribution in [3.05, 3.63) is 29.3 Å². The summed E-state index contributed by atoms with van der Waals surface area (Å²) in [5.41, 5.74) is -0.231. The van der Waals surface area contributed by atoms with Crippen LogP contribution in [-0.2, 0) is 9.59 Å². The quantitative estimate of drug-likeness (QED) is 0.779. The number of benzene rings is 1. The summed E-state index contributed by atoms with van der Waals surface area (Å²) < 4.78 is 0. The number of imide groups is 1. The van der Waals surface area contributed by atoms with Crippen molar-refractivity contribution in [2.24, 2.45) is 5.41 Å². The average Bonchev–Trinajstić information content (AvgIpc) is 2.28. The number of hydrogen-bond acceptors (Lipinski definition) is 3. The number of amides is 3. The highest BCUT2D eigenvalue weighted by Crippen LogP contribution is 2.24. The van der Waals surface area contributed by atoms with Crippen LogP contribution in [0.2, 0.25) is 5.02 Å². The maximum absolute atomic E-state index is 11.7. The SMILES string of the molecule is CC(C)(CC(=O)O)CC(=O)NC(=O)Nc1ccc(Cl)cc1. The number of urea groups is 1. The lowest BCUT2D eigenvalue weighted by Gasteiger charge is -2.21. The zero-order valence-corrected chi connectivity index (χ0v) is 12.5. The van der Waals surface area contributed by atoms with E-state index in [1.807, 2.05) is 0 Å². The van der Waals surface area contributed by atoms with Gasteiger partial charge in [0.15, 0.2) is 0 Å². The third-order valence-electron chi connectivity index (χ3n) is 2.62. The first kappa shape index (κ1) is 17.0. The van der Waals surface area contributed by atoms with E-state index in [9.17, 15) is 14.4 Å². The minimum Gasteiger partial charge on any atom is -0.481 e. The summed E-state index contributed by atoms with van der Waals surface area (Å²) >= 11 is 5.72. The highest BCUT2D eigenvalue weighted by atomic mass is 35.5. The van der Waals surface area contributed by atoms with Crippen molar-refractivity contribution in [3.8, 4) is 0 Å². The van der Waals surface area contributed by atoms with Gasteiger partial charge in [-0.15, -0.1) is 0 Å². The van der Waals surface area contributed by atoms with E-state index >= 15 is 0 Å². The summed E-state index contributed by atoms with van der Waals surface area (Å²) in [5.74, 6) is -1.52. The number of halogens is 1. The number of carbonyl (C=O) groups is 3. The molecule has 3 amide bonds. The Kier molecular flexibility index (Phi) is 5.72. The zero-order valence-electron chi connectivity index (χ0n) is 11.8. The van der Waals surface area contributed by atoms with Crippen LogP contribution in [0.15, 0.2) is 24.3 Å². The number of carboxylic acids is 1. The van der Waals surface area contributed by atoms with Crippen LogP contribution in [0.3, 0.4) is 0 Å². The molecule has 0 aromatic heterocycles. The first-order chi connectivity index (χ1) is 9.68. The molecule has 21 heavy (non-hydrogen) atoms. The van der Waals surface area contributed by atoms with Crippen molar-refractivity contribution in [1.82, 2.24) is 5.32 Å². The number of anilines is 1. The third-order valence-corrected chi connectivity index (χ3v) is 2.88. The second kappa shape index (κ2) is 7.08.